The molecule has 6 nitrogen and oxygen atoms in total. The fourth-order valence-electron chi connectivity index (χ4n) is 2.12. The summed E-state index contributed by atoms with van der Waals surface area (Å²) in [5.41, 5.74) is 0. The minimum Gasteiger partial charge on any atom is -0.468 e. The maximum Gasteiger partial charge on any atom is 0.240 e. The van der Waals surface area contributed by atoms with Crippen molar-refractivity contribution in [3.63, 3.8) is 0 Å². The lowest BCUT2D eigenvalue weighted by Crippen LogP contribution is -2.35. The van der Waals surface area contributed by atoms with Gasteiger partial charge in [0.15, 0.2) is 0 Å². The molecule has 0 amide bonds. The van der Waals surface area contributed by atoms with Crippen LogP contribution in [0.2, 0.25) is 0 Å². The summed E-state index contributed by atoms with van der Waals surface area (Å²) >= 11 is 0. The average Bonchev–Trinajstić information content (AvgIpc) is 3.06. The second-order valence-electron chi connectivity index (χ2n) is 4.97. The van der Waals surface area contributed by atoms with Gasteiger partial charge >= 0.3 is 0 Å². The molecule has 1 N–H and O–H groups in total. The van der Waals surface area contributed by atoms with E-state index in [1.165, 1.54) is 0 Å². The molecule has 1 heterocycles. The van der Waals surface area contributed by atoms with E-state index >= 15 is 0 Å². The molecule has 0 saturated carbocycles. The lowest BCUT2D eigenvalue weighted by atomic mass is 10.3. The minimum absolute atomic E-state index is 0.245. The molecule has 0 unspecified atom stereocenters. The first-order valence-electron chi connectivity index (χ1n) is 7.28. The first kappa shape index (κ1) is 17.2. The smallest absolute Gasteiger partial charge is 0.240 e. The number of rotatable bonds is 9. The summed E-state index contributed by atoms with van der Waals surface area (Å²) < 4.78 is 32.2. The molecule has 2 aromatic rings. The molecule has 0 bridgehead atoms. The van der Waals surface area contributed by atoms with E-state index in [4.69, 9.17) is 9.68 Å². The van der Waals surface area contributed by atoms with Gasteiger partial charge in [-0.25, -0.2) is 13.1 Å². The van der Waals surface area contributed by atoms with Crippen LogP contribution in [-0.2, 0) is 16.6 Å². The summed E-state index contributed by atoms with van der Waals surface area (Å²) in [5, 5.41) is 8.73. The zero-order valence-electron chi connectivity index (χ0n) is 12.7. The molecule has 0 atom stereocenters. The lowest BCUT2D eigenvalue weighted by molar-refractivity contribution is 0.253. The van der Waals surface area contributed by atoms with E-state index in [1.807, 2.05) is 11.0 Å². The van der Waals surface area contributed by atoms with Gasteiger partial charge in [-0.1, -0.05) is 18.2 Å². The van der Waals surface area contributed by atoms with Crippen LogP contribution in [0.4, 0.5) is 0 Å². The van der Waals surface area contributed by atoms with Crippen LogP contribution in [0.3, 0.4) is 0 Å². The first-order valence-corrected chi connectivity index (χ1v) is 8.76. The van der Waals surface area contributed by atoms with Crippen LogP contribution >= 0.6 is 0 Å². The number of furan rings is 1. The fraction of sp³-hybridized carbons (Fsp3) is 0.312. The van der Waals surface area contributed by atoms with Gasteiger partial charge in [0.2, 0.25) is 10.0 Å². The normalized spacial score (nSPS) is 11.5. The van der Waals surface area contributed by atoms with Gasteiger partial charge in [-0.15, -0.1) is 0 Å². The van der Waals surface area contributed by atoms with E-state index in [0.717, 1.165) is 5.76 Å². The van der Waals surface area contributed by atoms with Crippen molar-refractivity contribution in [3.8, 4) is 6.07 Å². The van der Waals surface area contributed by atoms with E-state index in [2.05, 4.69) is 10.8 Å². The molecule has 2 rings (SSSR count). The number of benzene rings is 1. The predicted octanol–water partition coefficient (Wildman–Crippen LogP) is 1.97. The molecular formula is C16H19N3O3S. The monoisotopic (exact) mass is 333 g/mol. The molecule has 7 heteroatoms. The Balaban J connectivity index is 1.89. The van der Waals surface area contributed by atoms with Gasteiger partial charge in [0.05, 0.1) is 23.8 Å². The molecule has 1 aromatic heterocycles. The van der Waals surface area contributed by atoms with Crippen molar-refractivity contribution in [2.24, 2.45) is 0 Å². The quantitative estimate of drug-likeness (QED) is 0.758. The van der Waals surface area contributed by atoms with Crippen molar-refractivity contribution < 1.29 is 12.8 Å². The van der Waals surface area contributed by atoms with Crippen LogP contribution in [-0.4, -0.2) is 33.0 Å². The summed E-state index contributed by atoms with van der Waals surface area (Å²) in [4.78, 5) is 2.23. The highest BCUT2D eigenvalue weighted by molar-refractivity contribution is 7.89. The lowest BCUT2D eigenvalue weighted by Gasteiger charge is -2.20. The Morgan fingerprint density at radius 1 is 1.13 bits per heavy atom. The molecular weight excluding hydrogens is 314 g/mol. The Kier molecular flexibility index (Phi) is 6.35. The van der Waals surface area contributed by atoms with Crippen LogP contribution in [0.25, 0.3) is 0 Å². The molecule has 122 valence electrons. The molecule has 0 aliphatic rings. The summed E-state index contributed by atoms with van der Waals surface area (Å²) in [6.07, 6.45) is 1.97. The van der Waals surface area contributed by atoms with Crippen LogP contribution < -0.4 is 4.72 Å². The third-order valence-electron chi connectivity index (χ3n) is 3.27. The van der Waals surface area contributed by atoms with Gasteiger partial charge in [-0.05, 0) is 24.3 Å². The van der Waals surface area contributed by atoms with Crippen molar-refractivity contribution in [2.75, 3.05) is 19.6 Å². The molecule has 0 saturated heterocycles. The van der Waals surface area contributed by atoms with Crippen LogP contribution in [0.5, 0.6) is 0 Å². The number of nitriles is 1. The molecule has 0 aliphatic carbocycles. The van der Waals surface area contributed by atoms with Crippen LogP contribution in [0.15, 0.2) is 58.0 Å². The Labute approximate surface area is 136 Å². The first-order chi connectivity index (χ1) is 11.1. The van der Waals surface area contributed by atoms with E-state index in [1.54, 1.807) is 42.7 Å². The second-order valence-corrected chi connectivity index (χ2v) is 6.74. The van der Waals surface area contributed by atoms with E-state index in [-0.39, 0.29) is 11.4 Å². The Bertz CT molecular complexity index is 722. The van der Waals surface area contributed by atoms with Gasteiger partial charge in [0.1, 0.15) is 5.76 Å². The molecule has 1 aromatic carbocycles. The minimum atomic E-state index is -3.50. The standard InChI is InChI=1S/C16H19N3O3S/c17-9-5-11-19(14-15-6-4-13-22-15)12-10-18-23(20,21)16-7-2-1-3-8-16/h1-4,6-8,13,18H,5,10-12,14H2. The van der Waals surface area contributed by atoms with Crippen molar-refractivity contribution >= 4 is 10.0 Å². The maximum atomic E-state index is 12.1. The van der Waals surface area contributed by atoms with Crippen molar-refractivity contribution in [1.29, 1.82) is 5.26 Å². The third-order valence-corrected chi connectivity index (χ3v) is 4.75. The molecule has 0 fully saturated rings. The summed E-state index contributed by atoms with van der Waals surface area (Å²) in [6, 6.07) is 14.0. The Hall–Kier alpha value is -2.14. The summed E-state index contributed by atoms with van der Waals surface area (Å²) in [6.45, 7) is 1.86. The average molecular weight is 333 g/mol. The largest absolute Gasteiger partial charge is 0.468 e. The summed E-state index contributed by atoms with van der Waals surface area (Å²) in [5.74, 6) is 0.786. The molecule has 0 radical (unpaired) electrons. The highest BCUT2D eigenvalue weighted by Crippen LogP contribution is 2.08. The fourth-order valence-corrected chi connectivity index (χ4v) is 3.16. The highest BCUT2D eigenvalue weighted by Gasteiger charge is 2.14. The Morgan fingerprint density at radius 3 is 2.57 bits per heavy atom. The second kappa shape index (κ2) is 8.48. The maximum absolute atomic E-state index is 12.1. The topological polar surface area (TPSA) is 86.3 Å². The van der Waals surface area contributed by atoms with E-state index in [9.17, 15) is 8.42 Å². The third kappa shape index (κ3) is 5.53. The van der Waals surface area contributed by atoms with Gasteiger partial charge in [0.25, 0.3) is 0 Å². The molecule has 0 spiro atoms. The van der Waals surface area contributed by atoms with Gasteiger partial charge < -0.3 is 4.42 Å². The number of hydrogen-bond acceptors (Lipinski definition) is 5. The zero-order valence-corrected chi connectivity index (χ0v) is 13.5. The zero-order chi connectivity index (χ0) is 16.5. The van der Waals surface area contributed by atoms with Crippen LogP contribution in [0.1, 0.15) is 12.2 Å². The Morgan fingerprint density at radius 2 is 1.91 bits per heavy atom. The number of sulfonamides is 1. The van der Waals surface area contributed by atoms with Crippen molar-refractivity contribution in [3.05, 3.63) is 54.5 Å². The van der Waals surface area contributed by atoms with E-state index < -0.39 is 10.0 Å². The predicted molar refractivity (Wildman–Crippen MR) is 85.8 cm³/mol. The highest BCUT2D eigenvalue weighted by atomic mass is 32.2. The van der Waals surface area contributed by atoms with Crippen molar-refractivity contribution in [1.82, 2.24) is 9.62 Å². The molecule has 23 heavy (non-hydrogen) atoms. The SMILES string of the molecule is N#CCCN(CCNS(=O)(=O)c1ccccc1)Cc1ccco1. The van der Waals surface area contributed by atoms with Crippen molar-refractivity contribution in [2.45, 2.75) is 17.9 Å². The number of nitrogens with one attached hydrogen (secondary N) is 1. The summed E-state index contributed by atoms with van der Waals surface area (Å²) in [7, 11) is -3.50. The van der Waals surface area contributed by atoms with Gasteiger partial charge in [0, 0.05) is 26.1 Å². The number of hydrogen-bond donors (Lipinski definition) is 1. The molecule has 0 aliphatic heterocycles. The van der Waals surface area contributed by atoms with Gasteiger partial charge in [-0.3, -0.25) is 4.90 Å². The number of nitrogens with zero attached hydrogens (tertiary/aromatic N) is 2. The van der Waals surface area contributed by atoms with E-state index in [0.29, 0.717) is 26.1 Å². The van der Waals surface area contributed by atoms with Crippen LogP contribution in [0, 0.1) is 11.3 Å². The van der Waals surface area contributed by atoms with Gasteiger partial charge in [-0.2, -0.15) is 5.26 Å².